The molecule has 1 atom stereocenters. The molecular formula is C38H46FN7O4S. The second-order valence-electron chi connectivity index (χ2n) is 14.4. The molecule has 2 aliphatic rings. The van der Waals surface area contributed by atoms with Crippen LogP contribution in [-0.4, -0.2) is 75.4 Å². The van der Waals surface area contributed by atoms with E-state index in [-0.39, 0.29) is 24.2 Å². The number of rotatable bonds is 15. The number of ether oxygens (including phenoxy) is 3. The van der Waals surface area contributed by atoms with Gasteiger partial charge in [-0.1, -0.05) is 23.5 Å². The van der Waals surface area contributed by atoms with E-state index in [1.807, 2.05) is 52.0 Å². The molecule has 11 nitrogen and oxygen atoms in total. The summed E-state index contributed by atoms with van der Waals surface area (Å²) in [5.74, 6) is 0.338. The van der Waals surface area contributed by atoms with Gasteiger partial charge >= 0.3 is 0 Å². The highest BCUT2D eigenvalue weighted by Crippen LogP contribution is 2.32. The lowest BCUT2D eigenvalue weighted by atomic mass is 10.00. The van der Waals surface area contributed by atoms with Gasteiger partial charge in [-0.25, -0.2) is 14.4 Å². The van der Waals surface area contributed by atoms with Gasteiger partial charge in [0.25, 0.3) is 11.1 Å². The Morgan fingerprint density at radius 1 is 1.24 bits per heavy atom. The van der Waals surface area contributed by atoms with E-state index in [0.29, 0.717) is 49.0 Å². The van der Waals surface area contributed by atoms with Crippen LogP contribution in [0, 0.1) is 17.1 Å². The number of nitrogens with zero attached hydrogens (tertiary/aromatic N) is 5. The second-order valence-corrected chi connectivity index (χ2v) is 15.4. The lowest BCUT2D eigenvalue weighted by Crippen LogP contribution is -2.45. The molecule has 0 bridgehead atoms. The molecular weight excluding hydrogens is 670 g/mol. The molecule has 6 rings (SSSR count). The third-order valence-electron chi connectivity index (χ3n) is 9.42. The highest BCUT2D eigenvalue weighted by Gasteiger charge is 2.26. The van der Waals surface area contributed by atoms with Gasteiger partial charge in [-0.05, 0) is 82.9 Å². The van der Waals surface area contributed by atoms with E-state index in [0.717, 1.165) is 54.3 Å². The Labute approximate surface area is 302 Å². The number of hydrogen-bond donors (Lipinski definition) is 2. The first-order valence-electron chi connectivity index (χ1n) is 17.4. The van der Waals surface area contributed by atoms with Crippen LogP contribution in [0.3, 0.4) is 0 Å². The molecule has 3 N–H and O–H groups in total. The summed E-state index contributed by atoms with van der Waals surface area (Å²) in [7, 11) is 0. The van der Waals surface area contributed by atoms with Crippen molar-refractivity contribution in [2.45, 2.75) is 83.9 Å². The molecule has 1 unspecified atom stereocenters. The highest BCUT2D eigenvalue weighted by atomic mass is 32.1. The minimum absolute atomic E-state index is 0.0397. The number of fused-ring (bicyclic) bond motifs is 1. The predicted molar refractivity (Wildman–Crippen MR) is 195 cm³/mol. The molecule has 4 heterocycles. The summed E-state index contributed by atoms with van der Waals surface area (Å²) in [4.78, 5) is 26.3. The summed E-state index contributed by atoms with van der Waals surface area (Å²) in [6.45, 7) is 12.6. The van der Waals surface area contributed by atoms with Crippen LogP contribution in [-0.2, 0) is 29.2 Å². The number of carbonyl (C=O) groups is 1. The van der Waals surface area contributed by atoms with E-state index in [1.165, 1.54) is 23.0 Å². The van der Waals surface area contributed by atoms with Gasteiger partial charge in [-0.2, -0.15) is 5.26 Å². The number of thiazole rings is 1. The molecule has 1 amide bonds. The molecule has 0 aliphatic carbocycles. The SMILES string of the molecule is CC(C)(CCOC(C)(C)CN)NC(=O)c1ccc2nc(CN3CC=C(c4cnc(OCc5ccc(C#N)cc5F)s4)CC3)n(CC3CCO3)c2c1. The quantitative estimate of drug-likeness (QED) is 0.156. The summed E-state index contributed by atoms with van der Waals surface area (Å²) in [6.07, 6.45) is 6.63. The van der Waals surface area contributed by atoms with E-state index in [9.17, 15) is 9.18 Å². The van der Waals surface area contributed by atoms with Crippen LogP contribution < -0.4 is 15.8 Å². The Morgan fingerprint density at radius 3 is 2.75 bits per heavy atom. The highest BCUT2D eigenvalue weighted by molar-refractivity contribution is 7.14. The Hall–Kier alpha value is -4.19. The number of benzene rings is 2. The molecule has 1 fully saturated rings. The molecule has 0 radical (unpaired) electrons. The van der Waals surface area contributed by atoms with Crippen LogP contribution in [0.4, 0.5) is 4.39 Å². The molecule has 2 aromatic heterocycles. The van der Waals surface area contributed by atoms with Crippen LogP contribution >= 0.6 is 11.3 Å². The van der Waals surface area contributed by atoms with Gasteiger partial charge in [0.05, 0.1) is 52.3 Å². The summed E-state index contributed by atoms with van der Waals surface area (Å²) in [5.41, 5.74) is 9.13. The van der Waals surface area contributed by atoms with E-state index >= 15 is 0 Å². The fraction of sp³-hybridized carbons (Fsp3) is 0.474. The first kappa shape index (κ1) is 36.6. The van der Waals surface area contributed by atoms with Crippen LogP contribution in [0.2, 0.25) is 0 Å². The van der Waals surface area contributed by atoms with Gasteiger partial charge in [-0.3, -0.25) is 9.69 Å². The summed E-state index contributed by atoms with van der Waals surface area (Å²) >= 11 is 1.44. The van der Waals surface area contributed by atoms with Gasteiger partial charge in [0.1, 0.15) is 18.2 Å². The van der Waals surface area contributed by atoms with Crippen molar-refractivity contribution in [2.75, 3.05) is 32.8 Å². The number of nitriles is 1. The third-order valence-corrected chi connectivity index (χ3v) is 10.4. The van der Waals surface area contributed by atoms with E-state index in [1.54, 1.807) is 18.3 Å². The Balaban J connectivity index is 1.10. The zero-order valence-corrected chi connectivity index (χ0v) is 30.5. The number of amides is 1. The monoisotopic (exact) mass is 715 g/mol. The van der Waals surface area contributed by atoms with Gasteiger partial charge in [0.2, 0.25) is 0 Å². The maximum absolute atomic E-state index is 14.3. The zero-order valence-electron chi connectivity index (χ0n) is 29.7. The van der Waals surface area contributed by atoms with E-state index < -0.39 is 17.0 Å². The zero-order chi connectivity index (χ0) is 36.2. The fourth-order valence-electron chi connectivity index (χ4n) is 5.98. The molecule has 0 saturated carbocycles. The van der Waals surface area contributed by atoms with Crippen LogP contribution in [0.1, 0.15) is 79.1 Å². The van der Waals surface area contributed by atoms with Crippen molar-refractivity contribution >= 4 is 33.9 Å². The number of carbonyl (C=O) groups excluding carboxylic acids is 1. The molecule has 2 aromatic carbocycles. The molecule has 4 aromatic rings. The van der Waals surface area contributed by atoms with Crippen LogP contribution in [0.15, 0.2) is 48.7 Å². The number of imidazole rings is 1. The van der Waals surface area contributed by atoms with E-state index in [2.05, 4.69) is 25.8 Å². The minimum Gasteiger partial charge on any atom is -0.465 e. The van der Waals surface area contributed by atoms with Crippen molar-refractivity contribution in [3.05, 3.63) is 81.9 Å². The molecule has 0 spiro atoms. The lowest BCUT2D eigenvalue weighted by Gasteiger charge is -2.30. The van der Waals surface area contributed by atoms with Gasteiger partial charge in [-0.15, -0.1) is 0 Å². The predicted octanol–water partition coefficient (Wildman–Crippen LogP) is 5.81. The number of nitrogens with one attached hydrogen (secondary N) is 1. The first-order valence-corrected chi connectivity index (χ1v) is 18.2. The molecule has 1 saturated heterocycles. The Kier molecular flexibility index (Phi) is 11.2. The van der Waals surface area contributed by atoms with Crippen LogP contribution in [0.5, 0.6) is 5.19 Å². The number of nitrogens with two attached hydrogens (primary N) is 1. The van der Waals surface area contributed by atoms with Crippen molar-refractivity contribution in [3.8, 4) is 11.3 Å². The summed E-state index contributed by atoms with van der Waals surface area (Å²) < 4.78 is 34.0. The summed E-state index contributed by atoms with van der Waals surface area (Å²) in [6, 6.07) is 12.0. The van der Waals surface area contributed by atoms with Gasteiger partial charge in [0.15, 0.2) is 0 Å². The lowest BCUT2D eigenvalue weighted by molar-refractivity contribution is -0.0591. The van der Waals surface area contributed by atoms with Crippen molar-refractivity contribution in [1.82, 2.24) is 24.8 Å². The third kappa shape index (κ3) is 9.19. The van der Waals surface area contributed by atoms with Gasteiger partial charge < -0.3 is 29.8 Å². The second kappa shape index (κ2) is 15.6. The van der Waals surface area contributed by atoms with Crippen molar-refractivity contribution in [3.63, 3.8) is 0 Å². The van der Waals surface area contributed by atoms with E-state index in [4.69, 9.17) is 30.2 Å². The largest absolute Gasteiger partial charge is 0.465 e. The molecule has 51 heavy (non-hydrogen) atoms. The van der Waals surface area contributed by atoms with Crippen molar-refractivity contribution in [2.24, 2.45) is 5.73 Å². The van der Waals surface area contributed by atoms with Crippen molar-refractivity contribution in [1.29, 1.82) is 5.26 Å². The van der Waals surface area contributed by atoms with Gasteiger partial charge in [0, 0.05) is 55.7 Å². The topological polar surface area (TPSA) is 141 Å². The number of aromatic nitrogens is 3. The smallest absolute Gasteiger partial charge is 0.274 e. The summed E-state index contributed by atoms with van der Waals surface area (Å²) in [5, 5.41) is 12.6. The average molecular weight is 716 g/mol. The Morgan fingerprint density at radius 2 is 2.06 bits per heavy atom. The first-order chi connectivity index (χ1) is 24.4. The number of hydrogen-bond acceptors (Lipinski definition) is 10. The van der Waals surface area contributed by atoms with Crippen molar-refractivity contribution < 1.29 is 23.4 Å². The average Bonchev–Trinajstić information content (AvgIpc) is 3.69. The maximum atomic E-state index is 14.3. The maximum Gasteiger partial charge on any atom is 0.274 e. The normalized spacial score (nSPS) is 16.8. The number of halogens is 1. The Bertz CT molecular complexity index is 1940. The standard InChI is InChI=1S/C38H46FN7O4S/c1-37(2,12-16-50-38(3,4)24-41)44-35(47)27-7-8-31-32(18-27)46(21-29-11-15-48-29)34(43-31)22-45-13-9-26(10-14-45)33-20-42-36(51-33)49-23-28-6-5-25(19-40)17-30(28)39/h5-9,17-18,20,29H,10-16,21-24,41H2,1-4H3,(H,44,47). The molecule has 270 valence electrons. The molecule has 13 heteroatoms. The fourth-order valence-corrected chi connectivity index (χ4v) is 6.81. The minimum atomic E-state index is -0.470. The molecule has 2 aliphatic heterocycles. The van der Waals surface area contributed by atoms with Crippen LogP contribution in [0.25, 0.3) is 16.6 Å².